The Morgan fingerprint density at radius 3 is 2.38 bits per heavy atom. The van der Waals surface area contributed by atoms with Crippen molar-refractivity contribution in [1.29, 1.82) is 0 Å². The third-order valence-electron chi connectivity index (χ3n) is 3.04. The van der Waals surface area contributed by atoms with Crippen molar-refractivity contribution in [2.45, 2.75) is 20.1 Å². The van der Waals surface area contributed by atoms with Crippen molar-refractivity contribution < 1.29 is 9.47 Å². The van der Waals surface area contributed by atoms with Crippen molar-refractivity contribution in [2.75, 3.05) is 13.7 Å². The van der Waals surface area contributed by atoms with Crippen LogP contribution in [-0.2, 0) is 13.2 Å². The zero-order valence-electron chi connectivity index (χ0n) is 12.5. The maximum atomic E-state index is 5.83. The van der Waals surface area contributed by atoms with Gasteiger partial charge >= 0.3 is 0 Å². The molecule has 0 atom stereocenters. The quantitative estimate of drug-likeness (QED) is 0.844. The molecule has 0 fully saturated rings. The van der Waals surface area contributed by atoms with E-state index in [0.717, 1.165) is 30.2 Å². The molecule has 0 radical (unpaired) electrons. The first kappa shape index (κ1) is 17.3. The summed E-state index contributed by atoms with van der Waals surface area (Å²) >= 11 is 0. The number of ether oxygens (including phenoxy) is 2. The van der Waals surface area contributed by atoms with Gasteiger partial charge in [-0.1, -0.05) is 43.3 Å². The van der Waals surface area contributed by atoms with E-state index in [1.165, 1.54) is 5.56 Å². The maximum Gasteiger partial charge on any atom is 0.161 e. The van der Waals surface area contributed by atoms with Crippen molar-refractivity contribution in [1.82, 2.24) is 5.32 Å². The lowest BCUT2D eigenvalue weighted by Gasteiger charge is -2.12. The smallest absolute Gasteiger partial charge is 0.161 e. The van der Waals surface area contributed by atoms with E-state index in [1.54, 1.807) is 7.11 Å². The Bertz CT molecular complexity index is 532. The van der Waals surface area contributed by atoms with Crippen LogP contribution in [-0.4, -0.2) is 13.7 Å². The molecule has 0 saturated carbocycles. The first-order valence-electron chi connectivity index (χ1n) is 6.88. The normalized spacial score (nSPS) is 9.81. The summed E-state index contributed by atoms with van der Waals surface area (Å²) in [6, 6.07) is 16.2. The van der Waals surface area contributed by atoms with Gasteiger partial charge in [-0.05, 0) is 29.8 Å². The molecule has 0 saturated heterocycles. The van der Waals surface area contributed by atoms with Gasteiger partial charge in [0.2, 0.25) is 0 Å². The Labute approximate surface area is 132 Å². The Kier molecular flexibility index (Phi) is 7.65. The molecule has 0 aliphatic carbocycles. The van der Waals surface area contributed by atoms with Crippen LogP contribution in [0.3, 0.4) is 0 Å². The van der Waals surface area contributed by atoms with E-state index in [0.29, 0.717) is 6.61 Å². The molecule has 114 valence electrons. The molecule has 0 aliphatic heterocycles. The predicted octanol–water partition coefficient (Wildman–Crippen LogP) is 3.81. The number of nitrogens with one attached hydrogen (secondary N) is 1. The molecule has 0 unspecified atom stereocenters. The van der Waals surface area contributed by atoms with Gasteiger partial charge in [0.25, 0.3) is 0 Å². The van der Waals surface area contributed by atoms with Crippen LogP contribution >= 0.6 is 12.4 Å². The minimum absolute atomic E-state index is 0. The van der Waals surface area contributed by atoms with Crippen LogP contribution in [0.1, 0.15) is 18.1 Å². The van der Waals surface area contributed by atoms with E-state index in [-0.39, 0.29) is 12.4 Å². The summed E-state index contributed by atoms with van der Waals surface area (Å²) in [4.78, 5) is 0. The summed E-state index contributed by atoms with van der Waals surface area (Å²) < 4.78 is 11.2. The van der Waals surface area contributed by atoms with Gasteiger partial charge in [-0.2, -0.15) is 0 Å². The standard InChI is InChI=1S/C17H21NO2.ClH/c1-3-18-12-15-9-10-16(17(11-15)19-2)20-13-14-7-5-4-6-8-14;/h4-11,18H,3,12-13H2,1-2H3;1H. The van der Waals surface area contributed by atoms with Crippen LogP contribution in [0.5, 0.6) is 11.5 Å². The Balaban J connectivity index is 0.00000220. The molecule has 0 amide bonds. The molecule has 0 bridgehead atoms. The highest BCUT2D eigenvalue weighted by atomic mass is 35.5. The number of benzene rings is 2. The lowest BCUT2D eigenvalue weighted by Crippen LogP contribution is -2.11. The molecular formula is C17H22ClNO2. The third-order valence-corrected chi connectivity index (χ3v) is 3.04. The molecule has 2 aromatic rings. The lowest BCUT2D eigenvalue weighted by molar-refractivity contribution is 0.284. The molecule has 3 nitrogen and oxygen atoms in total. The SMILES string of the molecule is CCNCc1ccc(OCc2ccccc2)c(OC)c1.Cl. The summed E-state index contributed by atoms with van der Waals surface area (Å²) in [5, 5.41) is 3.30. The third kappa shape index (κ3) is 5.29. The van der Waals surface area contributed by atoms with Crippen molar-refractivity contribution in [2.24, 2.45) is 0 Å². The van der Waals surface area contributed by atoms with Gasteiger partial charge in [-0.25, -0.2) is 0 Å². The second kappa shape index (κ2) is 9.27. The molecule has 4 heteroatoms. The first-order chi connectivity index (χ1) is 9.83. The van der Waals surface area contributed by atoms with Gasteiger partial charge in [-0.15, -0.1) is 12.4 Å². The van der Waals surface area contributed by atoms with Crippen LogP contribution in [0, 0.1) is 0 Å². The first-order valence-corrected chi connectivity index (χ1v) is 6.88. The average molecular weight is 308 g/mol. The van der Waals surface area contributed by atoms with E-state index in [4.69, 9.17) is 9.47 Å². The van der Waals surface area contributed by atoms with Crippen molar-refractivity contribution >= 4 is 12.4 Å². The second-order valence-corrected chi connectivity index (χ2v) is 4.54. The van der Waals surface area contributed by atoms with Gasteiger partial charge in [0.15, 0.2) is 11.5 Å². The van der Waals surface area contributed by atoms with E-state index in [2.05, 4.69) is 18.3 Å². The molecular weight excluding hydrogens is 286 g/mol. The molecule has 2 rings (SSSR count). The largest absolute Gasteiger partial charge is 0.493 e. The van der Waals surface area contributed by atoms with E-state index < -0.39 is 0 Å². The van der Waals surface area contributed by atoms with Gasteiger partial charge in [0, 0.05) is 6.54 Å². The predicted molar refractivity (Wildman–Crippen MR) is 88.4 cm³/mol. The van der Waals surface area contributed by atoms with Crippen LogP contribution in [0.15, 0.2) is 48.5 Å². The highest BCUT2D eigenvalue weighted by Crippen LogP contribution is 2.28. The second-order valence-electron chi connectivity index (χ2n) is 4.54. The Morgan fingerprint density at radius 2 is 1.71 bits per heavy atom. The lowest BCUT2D eigenvalue weighted by atomic mass is 10.2. The zero-order chi connectivity index (χ0) is 14.2. The van der Waals surface area contributed by atoms with Crippen LogP contribution < -0.4 is 14.8 Å². The highest BCUT2D eigenvalue weighted by Gasteiger charge is 2.06. The fourth-order valence-corrected chi connectivity index (χ4v) is 1.95. The summed E-state index contributed by atoms with van der Waals surface area (Å²) in [5.41, 5.74) is 2.34. The Hall–Kier alpha value is -1.71. The van der Waals surface area contributed by atoms with Crippen molar-refractivity contribution in [3.8, 4) is 11.5 Å². The molecule has 0 aromatic heterocycles. The summed E-state index contributed by atoms with van der Waals surface area (Å²) in [6.07, 6.45) is 0. The van der Waals surface area contributed by atoms with Crippen molar-refractivity contribution in [3.63, 3.8) is 0 Å². The molecule has 0 heterocycles. The highest BCUT2D eigenvalue weighted by molar-refractivity contribution is 5.85. The number of hydrogen-bond donors (Lipinski definition) is 1. The molecule has 0 aliphatic rings. The van der Waals surface area contributed by atoms with Gasteiger partial charge < -0.3 is 14.8 Å². The number of hydrogen-bond acceptors (Lipinski definition) is 3. The summed E-state index contributed by atoms with van der Waals surface area (Å²) in [6.45, 7) is 4.43. The number of rotatable bonds is 7. The monoisotopic (exact) mass is 307 g/mol. The summed E-state index contributed by atoms with van der Waals surface area (Å²) in [7, 11) is 1.67. The Morgan fingerprint density at radius 1 is 0.952 bits per heavy atom. The van der Waals surface area contributed by atoms with Gasteiger partial charge in [0.05, 0.1) is 7.11 Å². The van der Waals surface area contributed by atoms with Crippen molar-refractivity contribution in [3.05, 3.63) is 59.7 Å². The molecule has 1 N–H and O–H groups in total. The molecule has 0 spiro atoms. The van der Waals surface area contributed by atoms with E-state index >= 15 is 0 Å². The van der Waals surface area contributed by atoms with Crippen LogP contribution in [0.25, 0.3) is 0 Å². The fraction of sp³-hybridized carbons (Fsp3) is 0.294. The maximum absolute atomic E-state index is 5.83. The fourth-order valence-electron chi connectivity index (χ4n) is 1.95. The number of halogens is 1. The minimum atomic E-state index is 0. The summed E-state index contributed by atoms with van der Waals surface area (Å²) in [5.74, 6) is 1.55. The molecule has 2 aromatic carbocycles. The van der Waals surface area contributed by atoms with E-state index in [1.807, 2.05) is 42.5 Å². The van der Waals surface area contributed by atoms with Gasteiger partial charge in [0.1, 0.15) is 6.61 Å². The van der Waals surface area contributed by atoms with E-state index in [9.17, 15) is 0 Å². The number of methoxy groups -OCH3 is 1. The topological polar surface area (TPSA) is 30.5 Å². The van der Waals surface area contributed by atoms with Crippen LogP contribution in [0.2, 0.25) is 0 Å². The van der Waals surface area contributed by atoms with Gasteiger partial charge in [-0.3, -0.25) is 0 Å². The average Bonchev–Trinajstić information content (AvgIpc) is 2.52. The molecule has 21 heavy (non-hydrogen) atoms. The van der Waals surface area contributed by atoms with Crippen LogP contribution in [0.4, 0.5) is 0 Å². The zero-order valence-corrected chi connectivity index (χ0v) is 13.3. The minimum Gasteiger partial charge on any atom is -0.493 e.